The molecule has 156 valence electrons. The van der Waals surface area contributed by atoms with Crippen molar-refractivity contribution in [3.8, 4) is 0 Å². The highest BCUT2D eigenvalue weighted by Crippen LogP contribution is 2.43. The van der Waals surface area contributed by atoms with Crippen LogP contribution in [0.5, 0.6) is 0 Å². The number of H-pyrrole nitrogens is 1. The molecule has 29 heavy (non-hydrogen) atoms. The third-order valence-electron chi connectivity index (χ3n) is 3.82. The predicted octanol–water partition coefficient (Wildman–Crippen LogP) is 6.60. The highest BCUT2D eigenvalue weighted by Gasteiger charge is 2.34. The Balaban J connectivity index is 0.000000208. The summed E-state index contributed by atoms with van der Waals surface area (Å²) in [5.41, 5.74) is 6.68. The number of halogens is 6. The van der Waals surface area contributed by atoms with Gasteiger partial charge in [0, 0.05) is 37.4 Å². The molecule has 0 aliphatic rings. The van der Waals surface area contributed by atoms with Gasteiger partial charge in [0.05, 0.1) is 5.56 Å². The van der Waals surface area contributed by atoms with Crippen LogP contribution in [0.1, 0.15) is 11.1 Å². The Bertz CT molecular complexity index is 1010. The molecule has 1 heterocycles. The first-order valence-electron chi connectivity index (χ1n) is 7.92. The fourth-order valence-electron chi connectivity index (χ4n) is 2.47. The number of alkyl halides is 3. The average molecular weight is 575 g/mol. The molecule has 0 spiro atoms. The van der Waals surface area contributed by atoms with Gasteiger partial charge in [-0.3, -0.25) is 4.79 Å². The highest BCUT2D eigenvalue weighted by molar-refractivity contribution is 9.11. The number of nitrogens with two attached hydrogens (primary N) is 1. The van der Waals surface area contributed by atoms with E-state index < -0.39 is 23.8 Å². The van der Waals surface area contributed by atoms with Crippen molar-refractivity contribution in [1.29, 1.82) is 0 Å². The Labute approximate surface area is 189 Å². The lowest BCUT2D eigenvalue weighted by molar-refractivity contribution is -0.140. The van der Waals surface area contributed by atoms with Crippen LogP contribution in [0.15, 0.2) is 56.4 Å². The summed E-state index contributed by atoms with van der Waals surface area (Å²) in [6, 6.07) is 9.42. The summed E-state index contributed by atoms with van der Waals surface area (Å²) in [7, 11) is 5.91. The van der Waals surface area contributed by atoms with Crippen molar-refractivity contribution in [3.63, 3.8) is 0 Å². The number of hydrogen-bond acceptors (Lipinski definition) is 3. The van der Waals surface area contributed by atoms with Crippen molar-refractivity contribution in [3.05, 3.63) is 62.7 Å². The molecule has 3 rings (SSSR count). The second kappa shape index (κ2) is 10.2. The van der Waals surface area contributed by atoms with E-state index in [2.05, 4.69) is 36.8 Å². The number of carbonyl (C=O) groups is 1. The summed E-state index contributed by atoms with van der Waals surface area (Å²) < 4.78 is 38.1. The maximum Gasteiger partial charge on any atom is 0.417 e. The first-order valence-corrected chi connectivity index (χ1v) is 11.2. The van der Waals surface area contributed by atoms with Crippen LogP contribution >= 0.6 is 53.5 Å². The summed E-state index contributed by atoms with van der Waals surface area (Å²) in [5, 5.41) is 9.75. The lowest BCUT2D eigenvalue weighted by Crippen LogP contribution is -2.32. The summed E-state index contributed by atoms with van der Waals surface area (Å²) >= 11 is 6.00. The molecule has 11 heteroatoms. The minimum atomic E-state index is -4.40. The summed E-state index contributed by atoms with van der Waals surface area (Å²) in [6.07, 6.45) is -2.24. The van der Waals surface area contributed by atoms with Crippen molar-refractivity contribution >= 4 is 70.4 Å². The number of carboxylic acid groups (broad SMARTS) is 1. The average Bonchev–Trinajstić information content (AvgIpc) is 3.04. The second-order valence-electron chi connectivity index (χ2n) is 5.85. The summed E-state index contributed by atoms with van der Waals surface area (Å²) in [6.45, 7) is 0. The molecule has 0 saturated carbocycles. The molecule has 0 aliphatic heterocycles. The second-order valence-corrected chi connectivity index (χ2v) is 8.64. The minimum absolute atomic E-state index is 0.0256. The van der Waals surface area contributed by atoms with Crippen LogP contribution in [0.3, 0.4) is 0 Å². The molecular formula is C18H14Br2ClF3N2O2S. The first-order chi connectivity index (χ1) is 13.5. The maximum atomic E-state index is 12.5. The Morgan fingerprint density at radius 2 is 1.93 bits per heavy atom. The van der Waals surface area contributed by atoms with E-state index >= 15 is 0 Å². The standard InChI is InChI=1S/C11H12N2O2.C7H2Br2ClF3S/c12-9(11(14)15)5-7-6-13-10-4-2-1-3-8(7)10;8-3-1-4(7(11,12)13)6(14-10)5(9)2-3/h1-4,6,9,13H,5,12H2,(H,14,15);1-2H/t9-;/m0./s1. The van der Waals surface area contributed by atoms with Gasteiger partial charge >= 0.3 is 12.1 Å². The van der Waals surface area contributed by atoms with Crippen LogP contribution < -0.4 is 5.73 Å². The van der Waals surface area contributed by atoms with Gasteiger partial charge in [-0.25, -0.2) is 0 Å². The van der Waals surface area contributed by atoms with Crippen molar-refractivity contribution < 1.29 is 23.1 Å². The maximum absolute atomic E-state index is 12.5. The number of hydrogen-bond donors (Lipinski definition) is 3. The Morgan fingerprint density at radius 1 is 1.28 bits per heavy atom. The van der Waals surface area contributed by atoms with Crippen LogP contribution in [0.2, 0.25) is 0 Å². The van der Waals surface area contributed by atoms with Crippen molar-refractivity contribution in [2.45, 2.75) is 23.5 Å². The Hall–Kier alpha value is -1.20. The topological polar surface area (TPSA) is 79.1 Å². The van der Waals surface area contributed by atoms with E-state index in [0.717, 1.165) is 22.5 Å². The monoisotopic (exact) mass is 572 g/mol. The van der Waals surface area contributed by atoms with Gasteiger partial charge in [-0.1, -0.05) is 34.1 Å². The number of fused-ring (bicyclic) bond motifs is 1. The molecule has 1 atom stereocenters. The van der Waals surface area contributed by atoms with Gasteiger partial charge in [-0.05, 0) is 61.4 Å². The van der Waals surface area contributed by atoms with Crippen LogP contribution in [0, 0.1) is 0 Å². The van der Waals surface area contributed by atoms with E-state index in [-0.39, 0.29) is 4.90 Å². The number of aliphatic carboxylic acids is 1. The largest absolute Gasteiger partial charge is 0.480 e. The van der Waals surface area contributed by atoms with Crippen LogP contribution in [-0.2, 0) is 17.4 Å². The van der Waals surface area contributed by atoms with Gasteiger partial charge in [0.2, 0.25) is 0 Å². The number of nitrogens with one attached hydrogen (secondary N) is 1. The van der Waals surface area contributed by atoms with E-state index in [1.807, 2.05) is 30.5 Å². The van der Waals surface area contributed by atoms with Gasteiger partial charge in [0.25, 0.3) is 0 Å². The molecule has 0 bridgehead atoms. The number of carboxylic acids is 1. The zero-order chi connectivity index (χ0) is 21.8. The molecule has 4 nitrogen and oxygen atoms in total. The molecule has 0 unspecified atom stereocenters. The summed E-state index contributed by atoms with van der Waals surface area (Å²) in [4.78, 5) is 13.7. The number of aromatic nitrogens is 1. The van der Waals surface area contributed by atoms with Crippen LogP contribution in [0.4, 0.5) is 13.2 Å². The van der Waals surface area contributed by atoms with E-state index in [4.69, 9.17) is 21.5 Å². The Morgan fingerprint density at radius 3 is 2.52 bits per heavy atom. The van der Waals surface area contributed by atoms with E-state index in [9.17, 15) is 18.0 Å². The van der Waals surface area contributed by atoms with Crippen molar-refractivity contribution in [1.82, 2.24) is 4.98 Å². The third kappa shape index (κ3) is 6.39. The molecule has 0 amide bonds. The number of aromatic amines is 1. The fraction of sp³-hybridized carbons (Fsp3) is 0.167. The van der Waals surface area contributed by atoms with E-state index in [1.165, 1.54) is 6.07 Å². The van der Waals surface area contributed by atoms with E-state index in [1.54, 1.807) is 0 Å². The van der Waals surface area contributed by atoms with Crippen molar-refractivity contribution in [2.75, 3.05) is 0 Å². The molecule has 4 N–H and O–H groups in total. The molecule has 0 saturated heterocycles. The van der Waals surface area contributed by atoms with Crippen LogP contribution in [0.25, 0.3) is 10.9 Å². The van der Waals surface area contributed by atoms with Crippen molar-refractivity contribution in [2.24, 2.45) is 5.73 Å². The zero-order valence-electron chi connectivity index (χ0n) is 14.4. The quantitative estimate of drug-likeness (QED) is 0.328. The van der Waals surface area contributed by atoms with Gasteiger partial charge in [0.15, 0.2) is 0 Å². The van der Waals surface area contributed by atoms with E-state index in [0.29, 0.717) is 26.3 Å². The van der Waals surface area contributed by atoms with Gasteiger partial charge in [0.1, 0.15) is 6.04 Å². The van der Waals surface area contributed by atoms with Gasteiger partial charge in [-0.15, -0.1) is 0 Å². The molecule has 0 fully saturated rings. The lowest BCUT2D eigenvalue weighted by atomic mass is 10.1. The molecule has 0 radical (unpaired) electrons. The van der Waals surface area contributed by atoms with Gasteiger partial charge in [-0.2, -0.15) is 13.2 Å². The number of rotatable bonds is 4. The number of para-hydroxylation sites is 1. The Kier molecular flexibility index (Phi) is 8.48. The first kappa shape index (κ1) is 24.1. The zero-order valence-corrected chi connectivity index (χ0v) is 19.2. The molecular weight excluding hydrogens is 561 g/mol. The molecule has 3 aromatic rings. The normalized spacial score (nSPS) is 12.4. The smallest absolute Gasteiger partial charge is 0.417 e. The fourth-order valence-corrected chi connectivity index (χ4v) is 5.11. The third-order valence-corrected chi connectivity index (χ3v) is 6.23. The number of benzene rings is 2. The highest BCUT2D eigenvalue weighted by atomic mass is 79.9. The van der Waals surface area contributed by atoms with Crippen LogP contribution in [-0.4, -0.2) is 22.1 Å². The molecule has 2 aromatic carbocycles. The minimum Gasteiger partial charge on any atom is -0.480 e. The predicted molar refractivity (Wildman–Crippen MR) is 116 cm³/mol. The molecule has 0 aliphatic carbocycles. The lowest BCUT2D eigenvalue weighted by Gasteiger charge is -2.12. The van der Waals surface area contributed by atoms with Gasteiger partial charge < -0.3 is 15.8 Å². The summed E-state index contributed by atoms with van der Waals surface area (Å²) in [5.74, 6) is -0.972. The SMILES string of the molecule is FC(F)(F)c1cc(Br)cc(Br)c1SCl.N[C@@H](Cc1c[nH]c2ccccc12)C(=O)O. The molecule has 1 aromatic heterocycles.